The van der Waals surface area contributed by atoms with E-state index in [1.54, 1.807) is 36.4 Å². The summed E-state index contributed by atoms with van der Waals surface area (Å²) in [4.78, 5) is 41.0. The topological polar surface area (TPSA) is 146 Å². The van der Waals surface area contributed by atoms with Gasteiger partial charge >= 0.3 is 20.5 Å². The number of unbranched alkanes of at least 4 members (excludes halogenated alkanes) is 2. The highest BCUT2D eigenvalue weighted by Crippen LogP contribution is 2.27. The number of nitrogens with zero attached hydrogens (tertiary/aromatic N) is 3. The zero-order chi connectivity index (χ0) is 42.1. The van der Waals surface area contributed by atoms with Gasteiger partial charge in [-0.2, -0.15) is 15.0 Å². The molecular weight excluding hydrogens is 769 g/mol. The molecule has 0 radical (unpaired) electrons. The molecule has 57 heavy (non-hydrogen) atoms. The van der Waals surface area contributed by atoms with Crippen molar-refractivity contribution in [2.75, 3.05) is 35.7 Å². The molecule has 0 fully saturated rings. The normalized spacial score (nSPS) is 13.1. The molecule has 0 saturated carbocycles. The summed E-state index contributed by atoms with van der Waals surface area (Å²) in [6.45, 7) is 25.1. The van der Waals surface area contributed by atoms with E-state index >= 15 is 0 Å². The van der Waals surface area contributed by atoms with E-state index in [9.17, 15) is 9.59 Å². The maximum absolute atomic E-state index is 13.4. The summed E-state index contributed by atoms with van der Waals surface area (Å²) in [7, 11) is -6.37. The fraction of sp³-hybridized carbons (Fsp3) is 0.595. The van der Waals surface area contributed by atoms with E-state index in [2.05, 4.69) is 89.5 Å². The number of ether oxygens (including phenoxy) is 2. The second-order valence-corrected chi connectivity index (χ2v) is 29.8. The molecule has 2 atom stereocenters. The lowest BCUT2D eigenvalue weighted by atomic mass is 10.0. The molecule has 0 saturated heterocycles. The molecule has 316 valence electrons. The van der Waals surface area contributed by atoms with Gasteiger partial charge in [-0.15, -0.1) is 0 Å². The fourth-order valence-electron chi connectivity index (χ4n) is 6.51. The van der Waals surface area contributed by atoms with Crippen LogP contribution in [0.4, 0.5) is 29.2 Å². The van der Waals surface area contributed by atoms with E-state index in [0.29, 0.717) is 66.1 Å². The lowest BCUT2D eigenvalue weighted by Crippen LogP contribution is -2.53. The molecule has 2 aromatic carbocycles. The Morgan fingerprint density at radius 3 is 1.40 bits per heavy atom. The molecule has 0 bridgehead atoms. The van der Waals surface area contributed by atoms with Crippen molar-refractivity contribution in [2.45, 2.75) is 131 Å². The molecular formula is C42H70N6O6Si3. The van der Waals surface area contributed by atoms with Gasteiger partial charge in [0.05, 0.1) is 35.7 Å². The lowest BCUT2D eigenvalue weighted by Gasteiger charge is -2.38. The monoisotopic (exact) mass is 838 g/mol. The van der Waals surface area contributed by atoms with Gasteiger partial charge in [-0.25, -0.2) is 9.59 Å². The van der Waals surface area contributed by atoms with Gasteiger partial charge < -0.3 is 33.7 Å². The van der Waals surface area contributed by atoms with E-state index < -0.39 is 37.1 Å². The maximum atomic E-state index is 13.4. The first-order valence-corrected chi connectivity index (χ1v) is 30.3. The number of anilines is 5. The standard InChI is InChI=1S/C42H70N6O6Si3/c1-12-16-22-32(14-3)30-51-38(49)34-24-18-20-26-36(34)44-41-46-40(43-28-29-57(11,53-55(5,6)7)54-56(8,9)10)47-42(48-41)45-37-27-21-19-25-35(37)39(50)52-31-33(15-4)23-17-13-2/h18-21,24-27,32-33H,12-17,22-23,28-31H2,1-11H3,(H3,43,44,45,46,47,48). The van der Waals surface area contributed by atoms with Gasteiger partial charge in [-0.05, 0) is 94.8 Å². The highest BCUT2D eigenvalue weighted by Gasteiger charge is 2.40. The van der Waals surface area contributed by atoms with Crippen LogP contribution in [0.15, 0.2) is 48.5 Å². The molecule has 0 amide bonds. The minimum atomic E-state index is -2.56. The number of rotatable bonds is 26. The van der Waals surface area contributed by atoms with Crippen molar-refractivity contribution in [1.29, 1.82) is 0 Å². The molecule has 0 aliphatic carbocycles. The summed E-state index contributed by atoms with van der Waals surface area (Å²) < 4.78 is 25.1. The molecule has 1 heterocycles. The minimum Gasteiger partial charge on any atom is -0.462 e. The number of hydrogen-bond acceptors (Lipinski definition) is 12. The number of nitrogens with one attached hydrogen (secondary N) is 3. The number of para-hydroxylation sites is 2. The first-order valence-electron chi connectivity index (χ1n) is 20.9. The van der Waals surface area contributed by atoms with Crippen LogP contribution in [-0.4, -0.2) is 71.8 Å². The Hall–Kier alpha value is -3.64. The first kappa shape index (κ1) is 47.7. The van der Waals surface area contributed by atoms with Crippen molar-refractivity contribution in [1.82, 2.24) is 15.0 Å². The second-order valence-electron chi connectivity index (χ2n) is 16.9. The van der Waals surface area contributed by atoms with Crippen molar-refractivity contribution in [2.24, 2.45) is 11.8 Å². The van der Waals surface area contributed by atoms with Crippen LogP contribution in [0, 0.1) is 11.8 Å². The molecule has 3 aromatic rings. The third-order valence-corrected chi connectivity index (χ3v) is 18.8. The summed E-state index contributed by atoms with van der Waals surface area (Å²) in [5.41, 5.74) is 1.74. The zero-order valence-corrected chi connectivity index (χ0v) is 39.5. The van der Waals surface area contributed by atoms with Gasteiger partial charge in [0.15, 0.2) is 16.6 Å². The Morgan fingerprint density at radius 2 is 1.02 bits per heavy atom. The van der Waals surface area contributed by atoms with Crippen molar-refractivity contribution >= 4 is 66.4 Å². The highest BCUT2D eigenvalue weighted by atomic mass is 28.5. The molecule has 15 heteroatoms. The van der Waals surface area contributed by atoms with Crippen LogP contribution < -0.4 is 16.0 Å². The van der Waals surface area contributed by atoms with Gasteiger partial charge in [0.25, 0.3) is 0 Å². The van der Waals surface area contributed by atoms with Crippen LogP contribution in [0.5, 0.6) is 0 Å². The highest BCUT2D eigenvalue weighted by molar-refractivity contribution is 6.87. The largest absolute Gasteiger partial charge is 0.462 e. The van der Waals surface area contributed by atoms with Crippen LogP contribution in [0.25, 0.3) is 0 Å². The average molecular weight is 839 g/mol. The molecule has 0 spiro atoms. The number of carbonyl (C=O) groups is 2. The summed E-state index contributed by atoms with van der Waals surface area (Å²) >= 11 is 0. The lowest BCUT2D eigenvalue weighted by molar-refractivity contribution is 0.0420. The SMILES string of the molecule is CCCCC(CC)COC(=O)c1ccccc1Nc1nc(NCC[Si](C)(O[Si](C)(C)C)O[Si](C)(C)C)nc(Nc2ccccc2C(=O)OCC(CC)CCCC)n1. The summed E-state index contributed by atoms with van der Waals surface area (Å²) in [6.07, 6.45) is 8.33. The Morgan fingerprint density at radius 1 is 0.614 bits per heavy atom. The number of hydrogen-bond donors (Lipinski definition) is 3. The van der Waals surface area contributed by atoms with E-state index in [0.717, 1.165) is 51.4 Å². The van der Waals surface area contributed by atoms with Gasteiger partial charge in [-0.3, -0.25) is 0 Å². The summed E-state index contributed by atoms with van der Waals surface area (Å²) in [6, 6.07) is 15.0. The smallest absolute Gasteiger partial charge is 0.340 e. The Kier molecular flexibility index (Phi) is 19.3. The summed E-state index contributed by atoms with van der Waals surface area (Å²) in [5.74, 6) is 0.486. The molecule has 3 N–H and O–H groups in total. The van der Waals surface area contributed by atoms with Crippen LogP contribution in [-0.2, 0) is 17.7 Å². The number of benzene rings is 2. The predicted octanol–water partition coefficient (Wildman–Crippen LogP) is 11.3. The number of carbonyl (C=O) groups excluding carboxylic acids is 2. The maximum Gasteiger partial charge on any atom is 0.340 e. The molecule has 2 unspecified atom stereocenters. The molecule has 0 aliphatic rings. The van der Waals surface area contributed by atoms with Gasteiger partial charge in [0, 0.05) is 12.6 Å². The second kappa shape index (κ2) is 23.1. The zero-order valence-electron chi connectivity index (χ0n) is 36.5. The van der Waals surface area contributed by atoms with E-state index in [1.165, 1.54) is 0 Å². The van der Waals surface area contributed by atoms with Crippen molar-refractivity contribution in [3.63, 3.8) is 0 Å². The Labute approximate surface area is 345 Å². The van der Waals surface area contributed by atoms with Crippen molar-refractivity contribution in [3.05, 3.63) is 59.7 Å². The Balaban J connectivity index is 1.94. The van der Waals surface area contributed by atoms with Gasteiger partial charge in [-0.1, -0.05) is 90.5 Å². The van der Waals surface area contributed by atoms with E-state index in [4.69, 9.17) is 32.7 Å². The minimum absolute atomic E-state index is 0.197. The molecule has 3 rings (SSSR count). The predicted molar refractivity (Wildman–Crippen MR) is 240 cm³/mol. The first-order chi connectivity index (χ1) is 27.0. The average Bonchev–Trinajstić information content (AvgIpc) is 3.13. The van der Waals surface area contributed by atoms with Gasteiger partial charge in [0.1, 0.15) is 0 Å². The molecule has 1 aromatic heterocycles. The quantitative estimate of drug-likeness (QED) is 0.0522. The summed E-state index contributed by atoms with van der Waals surface area (Å²) in [5, 5.41) is 9.90. The van der Waals surface area contributed by atoms with E-state index in [1.807, 2.05) is 12.1 Å². The third-order valence-electron chi connectivity index (χ3n) is 9.32. The van der Waals surface area contributed by atoms with Crippen LogP contribution in [0.2, 0.25) is 51.9 Å². The number of esters is 2. The van der Waals surface area contributed by atoms with E-state index in [-0.39, 0.29) is 11.9 Å². The van der Waals surface area contributed by atoms with Crippen LogP contribution >= 0.6 is 0 Å². The fourth-order valence-corrected chi connectivity index (χ4v) is 18.8. The van der Waals surface area contributed by atoms with Gasteiger partial charge in [0.2, 0.25) is 17.8 Å². The van der Waals surface area contributed by atoms with Crippen LogP contribution in [0.1, 0.15) is 99.8 Å². The van der Waals surface area contributed by atoms with Crippen LogP contribution in [0.3, 0.4) is 0 Å². The van der Waals surface area contributed by atoms with Crippen molar-refractivity contribution in [3.8, 4) is 0 Å². The third kappa shape index (κ3) is 17.4. The Bertz CT molecular complexity index is 1590. The number of aromatic nitrogens is 3. The molecule has 12 nitrogen and oxygen atoms in total. The molecule has 0 aliphatic heterocycles. The van der Waals surface area contributed by atoms with Crippen molar-refractivity contribution < 1.29 is 27.3 Å².